The predicted molar refractivity (Wildman–Crippen MR) is 114 cm³/mol. The van der Waals surface area contributed by atoms with Gasteiger partial charge >= 0.3 is 5.92 Å². The van der Waals surface area contributed by atoms with E-state index < -0.39 is 27.7 Å². The van der Waals surface area contributed by atoms with Crippen molar-refractivity contribution in [1.82, 2.24) is 15.3 Å². The number of benzene rings is 1. The van der Waals surface area contributed by atoms with E-state index in [0.717, 1.165) is 19.0 Å². The van der Waals surface area contributed by atoms with Crippen LogP contribution >= 0.6 is 0 Å². The lowest BCUT2D eigenvalue weighted by Gasteiger charge is -2.22. The lowest BCUT2D eigenvalue weighted by molar-refractivity contribution is 0.00677. The van der Waals surface area contributed by atoms with E-state index in [9.17, 15) is 18.1 Å². The topological polar surface area (TPSA) is 96.7 Å². The van der Waals surface area contributed by atoms with Crippen LogP contribution in [-0.4, -0.2) is 38.6 Å². The van der Waals surface area contributed by atoms with E-state index in [1.54, 1.807) is 36.4 Å². The summed E-state index contributed by atoms with van der Waals surface area (Å²) in [5.74, 6) is -3.50. The molecule has 1 fully saturated rings. The van der Waals surface area contributed by atoms with Crippen molar-refractivity contribution in [2.24, 2.45) is 10.3 Å². The van der Waals surface area contributed by atoms with Crippen molar-refractivity contribution >= 4 is 9.73 Å². The summed E-state index contributed by atoms with van der Waals surface area (Å²) in [6.45, 7) is 0.692. The highest BCUT2D eigenvalue weighted by atomic mass is 32.2. The van der Waals surface area contributed by atoms with Gasteiger partial charge in [0.15, 0.2) is 0 Å². The first-order chi connectivity index (χ1) is 14.6. The van der Waals surface area contributed by atoms with Gasteiger partial charge in [0, 0.05) is 37.9 Å². The van der Waals surface area contributed by atoms with E-state index >= 15 is 0 Å². The van der Waals surface area contributed by atoms with Gasteiger partial charge < -0.3 is 9.84 Å². The highest BCUT2D eigenvalue weighted by molar-refractivity contribution is 7.95. The van der Waals surface area contributed by atoms with E-state index in [2.05, 4.69) is 19.6 Å². The summed E-state index contributed by atoms with van der Waals surface area (Å²) in [5.41, 5.74) is 0.119. The molecule has 1 heterocycles. The lowest BCUT2D eigenvalue weighted by atomic mass is 10.1. The fourth-order valence-electron chi connectivity index (χ4n) is 2.82. The average molecular weight is 453 g/mol. The van der Waals surface area contributed by atoms with Crippen molar-refractivity contribution in [2.75, 3.05) is 13.3 Å². The summed E-state index contributed by atoms with van der Waals surface area (Å²) in [4.78, 5) is 7.58. The molecule has 1 saturated carbocycles. The van der Waals surface area contributed by atoms with Crippen LogP contribution in [0.4, 0.5) is 8.78 Å². The van der Waals surface area contributed by atoms with Crippen molar-refractivity contribution in [3.63, 3.8) is 0 Å². The molecular weight excluding hydrogens is 426 g/mol. The first-order valence-corrected chi connectivity index (χ1v) is 11.8. The first-order valence-electron chi connectivity index (χ1n) is 9.80. The number of rotatable bonds is 9. The molecule has 1 aliphatic rings. The molecule has 1 aromatic carbocycles. The van der Waals surface area contributed by atoms with Crippen LogP contribution in [0.15, 0.2) is 52.4 Å². The fourth-order valence-corrected chi connectivity index (χ4v) is 3.41. The largest absolute Gasteiger partial charge is 0.438 e. The van der Waals surface area contributed by atoms with Crippen LogP contribution in [0, 0.1) is 5.92 Å². The van der Waals surface area contributed by atoms with E-state index in [-0.39, 0.29) is 23.4 Å². The van der Waals surface area contributed by atoms with E-state index in [4.69, 9.17) is 4.74 Å². The summed E-state index contributed by atoms with van der Waals surface area (Å²) in [6, 6.07) is 8.27. The number of hydrogen-bond donors (Lipinski definition) is 2. The number of aliphatic hydroxyl groups excluding tert-OH is 1. The molecule has 0 amide bonds. The highest BCUT2D eigenvalue weighted by Gasteiger charge is 2.33. The standard InChI is InChI=1S/C21H26F2N4O3S/c1-21(22,23)20-25-13-16(19(27-20)30-15-7-5-4-6-8-15)18(28)26-17(14-9-10-14)11-12-31(3,29)24-2/h4-8,11-14,17-18,26,28H,9-10H2,1-3H3/b12-11+. The zero-order chi connectivity index (χ0) is 22.6. The Morgan fingerprint density at radius 2 is 2.03 bits per heavy atom. The number of halogens is 2. The van der Waals surface area contributed by atoms with Crippen LogP contribution in [0.25, 0.3) is 0 Å². The SMILES string of the molecule is CN=S(C)(=O)/C=C/C(NC(O)c1cnc(C(C)(F)F)nc1Oc1ccccc1)C1CC1. The van der Waals surface area contributed by atoms with Crippen LogP contribution in [0.3, 0.4) is 0 Å². The van der Waals surface area contributed by atoms with Gasteiger partial charge in [0.1, 0.15) is 12.0 Å². The molecule has 0 spiro atoms. The van der Waals surface area contributed by atoms with Crippen LogP contribution in [-0.2, 0) is 15.7 Å². The van der Waals surface area contributed by atoms with E-state index in [1.165, 1.54) is 18.7 Å². The van der Waals surface area contributed by atoms with Gasteiger partial charge in [0.25, 0.3) is 0 Å². The van der Waals surface area contributed by atoms with Gasteiger partial charge in [-0.15, -0.1) is 0 Å². The third-order valence-electron chi connectivity index (χ3n) is 4.81. The normalized spacial score (nSPS) is 18.4. The second-order valence-corrected chi connectivity index (χ2v) is 9.92. The van der Waals surface area contributed by atoms with Gasteiger partial charge in [-0.2, -0.15) is 13.8 Å². The molecular formula is C21H26F2N4O3S. The van der Waals surface area contributed by atoms with Crippen molar-refractivity contribution in [3.8, 4) is 11.6 Å². The molecule has 0 aliphatic heterocycles. The van der Waals surface area contributed by atoms with Gasteiger partial charge in [-0.1, -0.05) is 24.3 Å². The van der Waals surface area contributed by atoms with Gasteiger partial charge in [-0.25, -0.2) is 13.6 Å². The van der Waals surface area contributed by atoms with Crippen LogP contribution in [0.5, 0.6) is 11.6 Å². The molecule has 1 aromatic heterocycles. The van der Waals surface area contributed by atoms with Crippen LogP contribution in [0.1, 0.15) is 37.4 Å². The zero-order valence-corrected chi connectivity index (χ0v) is 18.4. The second kappa shape index (κ2) is 9.37. The Labute approximate surface area is 180 Å². The quantitative estimate of drug-likeness (QED) is 0.559. The van der Waals surface area contributed by atoms with Crippen molar-refractivity contribution in [1.29, 1.82) is 0 Å². The summed E-state index contributed by atoms with van der Waals surface area (Å²) in [7, 11) is -0.969. The smallest absolute Gasteiger partial charge is 0.303 e. The lowest BCUT2D eigenvalue weighted by Crippen LogP contribution is -2.33. The Morgan fingerprint density at radius 1 is 1.35 bits per heavy atom. The summed E-state index contributed by atoms with van der Waals surface area (Å²) < 4.78 is 49.3. The zero-order valence-electron chi connectivity index (χ0n) is 17.5. The number of aromatic nitrogens is 2. The van der Waals surface area contributed by atoms with Crippen molar-refractivity contribution in [3.05, 3.63) is 59.4 Å². The first kappa shape index (κ1) is 23.2. The third kappa shape index (κ3) is 6.52. The Bertz CT molecular complexity index is 1050. The van der Waals surface area contributed by atoms with Crippen molar-refractivity contribution < 1.29 is 22.8 Å². The molecule has 1 aliphatic carbocycles. The summed E-state index contributed by atoms with van der Waals surface area (Å²) in [5, 5.41) is 15.4. The number of ether oxygens (including phenoxy) is 1. The third-order valence-corrected chi connectivity index (χ3v) is 6.19. The maximum absolute atomic E-state index is 13.8. The Kier molecular flexibility index (Phi) is 7.03. The number of nitrogens with zero attached hydrogens (tertiary/aromatic N) is 3. The van der Waals surface area contributed by atoms with Gasteiger partial charge in [0.05, 0.1) is 15.3 Å². The minimum atomic E-state index is -3.27. The average Bonchev–Trinajstić information content (AvgIpc) is 3.56. The molecule has 0 bridgehead atoms. The maximum Gasteiger partial charge on any atom is 0.303 e. The monoisotopic (exact) mass is 452 g/mol. The van der Waals surface area contributed by atoms with Gasteiger partial charge in [0.2, 0.25) is 11.7 Å². The second-order valence-electron chi connectivity index (χ2n) is 7.56. The molecule has 3 atom stereocenters. The van der Waals surface area contributed by atoms with E-state index in [1.807, 2.05) is 0 Å². The van der Waals surface area contributed by atoms with E-state index in [0.29, 0.717) is 12.7 Å². The minimum absolute atomic E-state index is 0.119. The Balaban J connectivity index is 1.89. The van der Waals surface area contributed by atoms with Gasteiger partial charge in [-0.3, -0.25) is 5.32 Å². The minimum Gasteiger partial charge on any atom is -0.438 e. The van der Waals surface area contributed by atoms with Crippen molar-refractivity contribution in [2.45, 2.75) is 38.0 Å². The number of aliphatic hydroxyl groups is 1. The molecule has 3 unspecified atom stereocenters. The summed E-state index contributed by atoms with van der Waals surface area (Å²) in [6.07, 6.45) is 4.99. The molecule has 10 heteroatoms. The number of hydrogen-bond acceptors (Lipinski definition) is 7. The molecule has 0 radical (unpaired) electrons. The number of alkyl halides is 2. The maximum atomic E-state index is 13.8. The highest BCUT2D eigenvalue weighted by Crippen LogP contribution is 2.36. The molecule has 168 valence electrons. The Hall–Kier alpha value is -2.43. The van der Waals surface area contributed by atoms with Gasteiger partial charge in [-0.05, 0) is 30.9 Å². The number of para-hydroxylation sites is 1. The molecule has 0 saturated heterocycles. The molecule has 2 N–H and O–H groups in total. The van der Waals surface area contributed by atoms with Crippen LogP contribution in [0.2, 0.25) is 0 Å². The fraction of sp³-hybridized carbons (Fsp3) is 0.429. The Morgan fingerprint density at radius 3 is 2.61 bits per heavy atom. The van der Waals surface area contributed by atoms with Crippen LogP contribution < -0.4 is 10.1 Å². The predicted octanol–water partition coefficient (Wildman–Crippen LogP) is 3.98. The molecule has 2 aromatic rings. The number of nitrogens with one attached hydrogen (secondary N) is 1. The molecule has 7 nitrogen and oxygen atoms in total. The molecule has 31 heavy (non-hydrogen) atoms. The summed E-state index contributed by atoms with van der Waals surface area (Å²) >= 11 is 0. The molecule has 3 rings (SSSR count).